The number of carbonyl (C=O) groups excluding carboxylic acids is 1. The van der Waals surface area contributed by atoms with E-state index in [4.69, 9.17) is 9.72 Å². The molecule has 0 aliphatic carbocycles. The smallest absolute Gasteiger partial charge is 0.142 e. The number of pyridine rings is 2. The minimum absolute atomic E-state index is 0.123. The standard InChI is InChI=1S/C23H28N6O2/c1-23(14-31-15-23)13-29-7-5-16(6-8-29)22(30)10-18-9-20-17(11-24-18)3-4-19(25-20)21-12-28(2)27-26-21/h3-4,9,11-12,16H,5-8,10,13-15H2,1-2H3. The van der Waals surface area contributed by atoms with Crippen LogP contribution in [0.5, 0.6) is 0 Å². The van der Waals surface area contributed by atoms with Crippen molar-refractivity contribution in [3.05, 3.63) is 36.3 Å². The number of likely N-dealkylation sites (tertiary alicyclic amines) is 1. The molecule has 8 nitrogen and oxygen atoms in total. The number of aromatic nitrogens is 5. The van der Waals surface area contributed by atoms with E-state index in [1.54, 1.807) is 10.9 Å². The van der Waals surface area contributed by atoms with Crippen LogP contribution in [0.3, 0.4) is 0 Å². The van der Waals surface area contributed by atoms with Gasteiger partial charge in [0.05, 0.1) is 30.6 Å². The topological polar surface area (TPSA) is 86.0 Å². The molecule has 3 aromatic rings. The van der Waals surface area contributed by atoms with Gasteiger partial charge >= 0.3 is 0 Å². The minimum Gasteiger partial charge on any atom is -0.380 e. The molecule has 2 aliphatic heterocycles. The molecule has 2 saturated heterocycles. The highest BCUT2D eigenvalue weighted by Crippen LogP contribution is 2.30. The maximum atomic E-state index is 12.9. The number of Topliss-reactive ketones (excluding diaryl/α,β-unsaturated/α-hetero) is 1. The quantitative estimate of drug-likeness (QED) is 0.605. The number of carbonyl (C=O) groups is 1. The molecule has 5 heterocycles. The minimum atomic E-state index is 0.123. The summed E-state index contributed by atoms with van der Waals surface area (Å²) in [6.07, 6.45) is 5.86. The first-order valence-electron chi connectivity index (χ1n) is 10.9. The Morgan fingerprint density at radius 2 is 2.03 bits per heavy atom. The summed E-state index contributed by atoms with van der Waals surface area (Å²) in [6, 6.07) is 5.83. The van der Waals surface area contributed by atoms with E-state index in [1.807, 2.05) is 31.4 Å². The average Bonchev–Trinajstić information content (AvgIpc) is 3.19. The zero-order valence-corrected chi connectivity index (χ0v) is 18.1. The number of ether oxygens (including phenoxy) is 1. The molecule has 0 aromatic carbocycles. The molecule has 0 N–H and O–H groups in total. The van der Waals surface area contributed by atoms with E-state index in [0.717, 1.165) is 73.7 Å². The number of hydrogen-bond acceptors (Lipinski definition) is 7. The van der Waals surface area contributed by atoms with Gasteiger partial charge in [-0.15, -0.1) is 5.10 Å². The van der Waals surface area contributed by atoms with Gasteiger partial charge in [-0.25, -0.2) is 4.98 Å². The van der Waals surface area contributed by atoms with Gasteiger partial charge in [-0.1, -0.05) is 12.1 Å². The third-order valence-electron chi connectivity index (χ3n) is 6.40. The monoisotopic (exact) mass is 420 g/mol. The van der Waals surface area contributed by atoms with Crippen molar-refractivity contribution in [2.24, 2.45) is 18.4 Å². The second-order valence-electron chi connectivity index (χ2n) is 9.34. The third-order valence-corrected chi connectivity index (χ3v) is 6.40. The van der Waals surface area contributed by atoms with Crippen molar-refractivity contribution in [1.82, 2.24) is 29.9 Å². The molecule has 0 bridgehead atoms. The summed E-state index contributed by atoms with van der Waals surface area (Å²) in [5, 5.41) is 9.06. The summed E-state index contributed by atoms with van der Waals surface area (Å²) < 4.78 is 7.02. The van der Waals surface area contributed by atoms with E-state index in [0.29, 0.717) is 11.8 Å². The molecule has 0 amide bonds. The number of ketones is 1. The van der Waals surface area contributed by atoms with Gasteiger partial charge in [-0.3, -0.25) is 14.5 Å². The number of nitrogens with zero attached hydrogens (tertiary/aromatic N) is 6. The summed E-state index contributed by atoms with van der Waals surface area (Å²) in [4.78, 5) is 24.6. The van der Waals surface area contributed by atoms with Crippen LogP contribution in [0.2, 0.25) is 0 Å². The Morgan fingerprint density at radius 3 is 2.71 bits per heavy atom. The van der Waals surface area contributed by atoms with Gasteiger partial charge in [0.25, 0.3) is 0 Å². The molecule has 8 heteroatoms. The van der Waals surface area contributed by atoms with Crippen LogP contribution < -0.4 is 0 Å². The van der Waals surface area contributed by atoms with Gasteiger partial charge in [0.15, 0.2) is 0 Å². The van der Waals surface area contributed by atoms with Gasteiger partial charge < -0.3 is 9.64 Å². The molecule has 0 spiro atoms. The fourth-order valence-corrected chi connectivity index (χ4v) is 4.58. The summed E-state index contributed by atoms with van der Waals surface area (Å²) in [5.41, 5.74) is 3.40. The Kier molecular flexibility index (Phi) is 5.27. The highest BCUT2D eigenvalue weighted by atomic mass is 16.5. The van der Waals surface area contributed by atoms with Crippen LogP contribution >= 0.6 is 0 Å². The van der Waals surface area contributed by atoms with Crippen molar-refractivity contribution >= 4 is 16.7 Å². The molecule has 0 saturated carbocycles. The molecule has 0 radical (unpaired) electrons. The Bertz CT molecular complexity index is 1100. The van der Waals surface area contributed by atoms with Gasteiger partial charge in [0.2, 0.25) is 0 Å². The number of rotatable bonds is 6. The molecule has 3 aromatic heterocycles. The van der Waals surface area contributed by atoms with E-state index in [-0.39, 0.29) is 11.7 Å². The molecule has 0 atom stereocenters. The first-order valence-corrected chi connectivity index (χ1v) is 10.9. The van der Waals surface area contributed by atoms with Crippen molar-refractivity contribution < 1.29 is 9.53 Å². The normalized spacial score (nSPS) is 19.4. The second kappa shape index (κ2) is 8.09. The van der Waals surface area contributed by atoms with Crippen LogP contribution in [0, 0.1) is 11.3 Å². The molecule has 5 rings (SSSR count). The molecular weight excluding hydrogens is 392 g/mol. The predicted molar refractivity (Wildman–Crippen MR) is 116 cm³/mol. The Hall–Kier alpha value is -2.71. The van der Waals surface area contributed by atoms with E-state index in [1.165, 1.54) is 0 Å². The Labute approximate surface area is 181 Å². The maximum absolute atomic E-state index is 12.9. The second-order valence-corrected chi connectivity index (χ2v) is 9.34. The zero-order valence-electron chi connectivity index (χ0n) is 18.1. The fourth-order valence-electron chi connectivity index (χ4n) is 4.58. The number of aryl methyl sites for hydroxylation is 1. The van der Waals surface area contributed by atoms with Crippen molar-refractivity contribution in [2.75, 3.05) is 32.8 Å². The van der Waals surface area contributed by atoms with Gasteiger partial charge in [-0.05, 0) is 44.1 Å². The number of hydrogen-bond donors (Lipinski definition) is 0. The van der Waals surface area contributed by atoms with Crippen LogP contribution in [-0.4, -0.2) is 68.5 Å². The molecule has 2 aliphatic rings. The van der Waals surface area contributed by atoms with E-state index in [2.05, 4.69) is 27.1 Å². The molecular formula is C23H28N6O2. The van der Waals surface area contributed by atoms with Crippen LogP contribution in [0.1, 0.15) is 25.5 Å². The number of piperidine rings is 1. The van der Waals surface area contributed by atoms with Crippen molar-refractivity contribution in [2.45, 2.75) is 26.2 Å². The summed E-state index contributed by atoms with van der Waals surface area (Å²) in [6.45, 7) is 7.03. The lowest BCUT2D eigenvalue weighted by molar-refractivity contribution is -0.127. The van der Waals surface area contributed by atoms with E-state index in [9.17, 15) is 4.79 Å². The van der Waals surface area contributed by atoms with Crippen molar-refractivity contribution in [3.8, 4) is 11.4 Å². The van der Waals surface area contributed by atoms with Gasteiger partial charge in [0, 0.05) is 48.6 Å². The molecule has 0 unspecified atom stereocenters. The Morgan fingerprint density at radius 1 is 1.23 bits per heavy atom. The third kappa shape index (κ3) is 4.36. The fraction of sp³-hybridized carbons (Fsp3) is 0.522. The zero-order chi connectivity index (χ0) is 21.4. The maximum Gasteiger partial charge on any atom is 0.142 e. The first-order chi connectivity index (χ1) is 15.0. The molecule has 162 valence electrons. The van der Waals surface area contributed by atoms with Crippen LogP contribution in [0.25, 0.3) is 22.3 Å². The summed E-state index contributed by atoms with van der Waals surface area (Å²) in [7, 11) is 1.83. The van der Waals surface area contributed by atoms with Crippen LogP contribution in [0.4, 0.5) is 0 Å². The SMILES string of the molecule is Cn1cc(-c2ccc3cnc(CC(=O)C4CCN(CC5(C)COC5)CC4)cc3n2)nn1. The lowest BCUT2D eigenvalue weighted by Gasteiger charge is -2.43. The van der Waals surface area contributed by atoms with E-state index < -0.39 is 0 Å². The molecule has 31 heavy (non-hydrogen) atoms. The molecule has 2 fully saturated rings. The van der Waals surface area contributed by atoms with Crippen molar-refractivity contribution in [1.29, 1.82) is 0 Å². The highest BCUT2D eigenvalue weighted by Gasteiger charge is 2.36. The highest BCUT2D eigenvalue weighted by molar-refractivity contribution is 5.85. The predicted octanol–water partition coefficient (Wildman–Crippen LogP) is 2.29. The Balaban J connectivity index is 1.23. The number of fused-ring (bicyclic) bond motifs is 1. The lowest BCUT2D eigenvalue weighted by Crippen LogP contribution is -2.50. The summed E-state index contributed by atoms with van der Waals surface area (Å²) in [5.74, 6) is 0.410. The van der Waals surface area contributed by atoms with E-state index >= 15 is 0 Å². The lowest BCUT2D eigenvalue weighted by atomic mass is 9.85. The van der Waals surface area contributed by atoms with Gasteiger partial charge in [-0.2, -0.15) is 0 Å². The van der Waals surface area contributed by atoms with Crippen molar-refractivity contribution in [3.63, 3.8) is 0 Å². The van der Waals surface area contributed by atoms with Crippen LogP contribution in [0.15, 0.2) is 30.6 Å². The summed E-state index contributed by atoms with van der Waals surface area (Å²) >= 11 is 0. The first kappa shape index (κ1) is 20.2. The van der Waals surface area contributed by atoms with Gasteiger partial charge in [0.1, 0.15) is 11.5 Å². The van der Waals surface area contributed by atoms with Crippen LogP contribution in [-0.2, 0) is 23.0 Å². The average molecular weight is 421 g/mol. The largest absolute Gasteiger partial charge is 0.380 e.